The fraction of sp³-hybridized carbons (Fsp3) is 0.182. The number of nitrogens with one attached hydrogen (secondary N) is 1. The fourth-order valence-corrected chi connectivity index (χ4v) is 1.99. The predicted molar refractivity (Wildman–Crippen MR) is 70.1 cm³/mol. The number of hydrogen-bond acceptors (Lipinski definition) is 7. The average Bonchev–Trinajstić information content (AvgIpc) is 2.76. The highest BCUT2D eigenvalue weighted by Crippen LogP contribution is 2.23. The molecule has 0 saturated carbocycles. The van der Waals surface area contributed by atoms with E-state index in [1.165, 1.54) is 24.5 Å². The Kier molecular flexibility index (Phi) is 3.42. The maximum Gasteiger partial charge on any atom is 0.356 e. The lowest BCUT2D eigenvalue weighted by atomic mass is 10.3. The van der Waals surface area contributed by atoms with Crippen molar-refractivity contribution in [3.63, 3.8) is 0 Å². The first kappa shape index (κ1) is 12.3. The minimum absolute atomic E-state index is 0.197. The van der Waals surface area contributed by atoms with Gasteiger partial charge in [0.25, 0.3) is 0 Å². The molecule has 94 valence electrons. The number of thiazole rings is 1. The quantitative estimate of drug-likeness (QED) is 0.823. The fourth-order valence-electron chi connectivity index (χ4n) is 1.30. The zero-order valence-electron chi connectivity index (χ0n) is 9.93. The lowest BCUT2D eigenvalue weighted by molar-refractivity contribution is 0.0594. The maximum atomic E-state index is 11.4. The number of anilines is 3. The Morgan fingerprint density at radius 1 is 1.44 bits per heavy atom. The normalized spacial score (nSPS) is 10.1. The van der Waals surface area contributed by atoms with E-state index in [9.17, 15) is 4.79 Å². The second kappa shape index (κ2) is 5.01. The summed E-state index contributed by atoms with van der Waals surface area (Å²) in [5.41, 5.74) is 7.33. The van der Waals surface area contributed by atoms with E-state index in [1.54, 1.807) is 6.07 Å². The number of carbonyl (C=O) groups is 1. The van der Waals surface area contributed by atoms with Crippen LogP contribution in [0, 0.1) is 6.92 Å². The lowest BCUT2D eigenvalue weighted by Crippen LogP contribution is -2.07. The van der Waals surface area contributed by atoms with Gasteiger partial charge in [-0.25, -0.2) is 14.8 Å². The molecule has 3 N–H and O–H groups in total. The third kappa shape index (κ3) is 2.57. The number of aryl methyl sites for hydroxylation is 1. The summed E-state index contributed by atoms with van der Waals surface area (Å²) in [5, 5.41) is 5.56. The molecule has 0 spiro atoms. The molecular formula is C11H12N4O2S. The first-order valence-electron chi connectivity index (χ1n) is 5.14. The van der Waals surface area contributed by atoms with Gasteiger partial charge in [-0.3, -0.25) is 0 Å². The van der Waals surface area contributed by atoms with Gasteiger partial charge in [-0.05, 0) is 19.1 Å². The molecule has 0 bridgehead atoms. The Hall–Kier alpha value is -2.15. The molecular weight excluding hydrogens is 252 g/mol. The van der Waals surface area contributed by atoms with E-state index in [0.29, 0.717) is 16.6 Å². The van der Waals surface area contributed by atoms with Gasteiger partial charge in [-0.15, -0.1) is 11.3 Å². The highest BCUT2D eigenvalue weighted by molar-refractivity contribution is 7.13. The van der Waals surface area contributed by atoms with Crippen LogP contribution in [0.1, 0.15) is 16.2 Å². The molecule has 2 rings (SSSR count). The molecule has 2 heterocycles. The van der Waals surface area contributed by atoms with Crippen molar-refractivity contribution >= 4 is 33.9 Å². The van der Waals surface area contributed by atoms with Gasteiger partial charge in [0.15, 0.2) is 16.6 Å². The van der Waals surface area contributed by atoms with Crippen LogP contribution in [0.3, 0.4) is 0 Å². The number of methoxy groups -OCH3 is 1. The second-order valence-corrected chi connectivity index (χ2v) is 4.40. The van der Waals surface area contributed by atoms with E-state index in [-0.39, 0.29) is 5.69 Å². The first-order chi connectivity index (χ1) is 8.60. The van der Waals surface area contributed by atoms with Crippen molar-refractivity contribution in [2.24, 2.45) is 0 Å². The van der Waals surface area contributed by atoms with Gasteiger partial charge in [0.1, 0.15) is 0 Å². The molecule has 18 heavy (non-hydrogen) atoms. The molecule has 6 nitrogen and oxygen atoms in total. The minimum Gasteiger partial charge on any atom is -0.464 e. The van der Waals surface area contributed by atoms with Crippen LogP contribution in [0.2, 0.25) is 0 Å². The molecule has 0 aromatic carbocycles. The van der Waals surface area contributed by atoms with Crippen LogP contribution in [0.4, 0.5) is 16.6 Å². The van der Waals surface area contributed by atoms with Crippen LogP contribution in [-0.4, -0.2) is 23.0 Å². The Bertz CT molecular complexity index is 582. The third-order valence-corrected chi connectivity index (χ3v) is 3.04. The molecule has 0 aliphatic heterocycles. The molecule has 0 radical (unpaired) electrons. The van der Waals surface area contributed by atoms with E-state index < -0.39 is 5.97 Å². The summed E-state index contributed by atoms with van der Waals surface area (Å²) in [6.07, 6.45) is 0. The van der Waals surface area contributed by atoms with Crippen molar-refractivity contribution in [3.05, 3.63) is 28.9 Å². The van der Waals surface area contributed by atoms with Gasteiger partial charge in [-0.2, -0.15) is 0 Å². The second-order valence-electron chi connectivity index (χ2n) is 3.54. The molecule has 0 saturated heterocycles. The molecule has 0 aliphatic rings. The van der Waals surface area contributed by atoms with Crippen molar-refractivity contribution in [3.8, 4) is 0 Å². The first-order valence-corrected chi connectivity index (χ1v) is 6.02. The molecule has 7 heteroatoms. The van der Waals surface area contributed by atoms with E-state index in [2.05, 4.69) is 20.0 Å². The summed E-state index contributed by atoms with van der Waals surface area (Å²) in [5.74, 6) is -0.111. The number of carbonyl (C=O) groups excluding carboxylic acids is 1. The largest absolute Gasteiger partial charge is 0.464 e. The van der Waals surface area contributed by atoms with E-state index in [4.69, 9.17) is 5.73 Å². The van der Waals surface area contributed by atoms with Gasteiger partial charge < -0.3 is 15.8 Å². The summed E-state index contributed by atoms with van der Waals surface area (Å²) >= 11 is 1.44. The van der Waals surface area contributed by atoms with Gasteiger partial charge in [-0.1, -0.05) is 0 Å². The van der Waals surface area contributed by atoms with Crippen LogP contribution >= 0.6 is 11.3 Å². The zero-order chi connectivity index (χ0) is 13.1. The van der Waals surface area contributed by atoms with Crippen LogP contribution in [-0.2, 0) is 4.74 Å². The topological polar surface area (TPSA) is 90.1 Å². The summed E-state index contributed by atoms with van der Waals surface area (Å²) < 4.78 is 4.60. The third-order valence-electron chi connectivity index (χ3n) is 2.17. The maximum absolute atomic E-state index is 11.4. The van der Waals surface area contributed by atoms with Crippen molar-refractivity contribution in [1.82, 2.24) is 9.97 Å². The SMILES string of the molecule is COC(=O)c1ccc(N)c(Nc2nc(C)cs2)n1. The number of nitrogen functional groups attached to an aromatic ring is 1. The van der Waals surface area contributed by atoms with Gasteiger partial charge in [0.2, 0.25) is 0 Å². The lowest BCUT2D eigenvalue weighted by Gasteiger charge is -2.07. The Morgan fingerprint density at radius 2 is 2.22 bits per heavy atom. The Morgan fingerprint density at radius 3 is 2.83 bits per heavy atom. The smallest absolute Gasteiger partial charge is 0.356 e. The van der Waals surface area contributed by atoms with Crippen molar-refractivity contribution in [2.75, 3.05) is 18.2 Å². The minimum atomic E-state index is -0.506. The van der Waals surface area contributed by atoms with Gasteiger partial charge in [0.05, 0.1) is 18.5 Å². The Balaban J connectivity index is 2.29. The van der Waals surface area contributed by atoms with Crippen LogP contribution in [0.25, 0.3) is 0 Å². The molecule has 2 aromatic rings. The number of hydrogen-bond donors (Lipinski definition) is 2. The summed E-state index contributed by atoms with van der Waals surface area (Å²) in [6, 6.07) is 3.11. The molecule has 0 fully saturated rings. The van der Waals surface area contributed by atoms with Gasteiger partial charge >= 0.3 is 5.97 Å². The van der Waals surface area contributed by atoms with Crippen LogP contribution < -0.4 is 11.1 Å². The molecule has 0 unspecified atom stereocenters. The highest BCUT2D eigenvalue weighted by atomic mass is 32.1. The molecule has 0 atom stereocenters. The van der Waals surface area contributed by atoms with Crippen molar-refractivity contribution < 1.29 is 9.53 Å². The number of aromatic nitrogens is 2. The highest BCUT2D eigenvalue weighted by Gasteiger charge is 2.11. The summed E-state index contributed by atoms with van der Waals surface area (Å²) in [6.45, 7) is 1.89. The number of pyridine rings is 1. The predicted octanol–water partition coefficient (Wildman–Crippen LogP) is 1.96. The van der Waals surface area contributed by atoms with E-state index in [1.807, 2.05) is 12.3 Å². The summed E-state index contributed by atoms with van der Waals surface area (Å²) in [4.78, 5) is 19.7. The van der Waals surface area contributed by atoms with Crippen LogP contribution in [0.15, 0.2) is 17.5 Å². The summed E-state index contributed by atoms with van der Waals surface area (Å²) in [7, 11) is 1.30. The number of nitrogens with two attached hydrogens (primary N) is 1. The number of rotatable bonds is 3. The van der Waals surface area contributed by atoms with E-state index >= 15 is 0 Å². The van der Waals surface area contributed by atoms with Crippen LogP contribution in [0.5, 0.6) is 0 Å². The zero-order valence-corrected chi connectivity index (χ0v) is 10.7. The van der Waals surface area contributed by atoms with Crippen molar-refractivity contribution in [1.29, 1.82) is 0 Å². The molecule has 0 aliphatic carbocycles. The average molecular weight is 264 g/mol. The van der Waals surface area contributed by atoms with E-state index in [0.717, 1.165) is 5.69 Å². The monoisotopic (exact) mass is 264 g/mol. The number of esters is 1. The number of nitrogens with zero attached hydrogens (tertiary/aromatic N) is 2. The number of ether oxygens (including phenoxy) is 1. The molecule has 2 aromatic heterocycles. The van der Waals surface area contributed by atoms with Gasteiger partial charge in [0, 0.05) is 5.38 Å². The van der Waals surface area contributed by atoms with Crippen molar-refractivity contribution in [2.45, 2.75) is 6.92 Å². The Labute approximate surface area is 108 Å². The standard InChI is InChI=1S/C11H12N4O2S/c1-6-5-18-11(13-6)15-9-7(12)3-4-8(14-9)10(16)17-2/h3-5H,12H2,1-2H3,(H,13,14,15). The molecule has 0 amide bonds.